The quantitative estimate of drug-likeness (QED) is 0.232. The van der Waals surface area contributed by atoms with Crippen molar-refractivity contribution >= 4 is 34.8 Å². The Morgan fingerprint density at radius 3 is 1.77 bits per heavy atom. The Morgan fingerprint density at radius 2 is 1.29 bits per heavy atom. The molecule has 176 valence electrons. The molecule has 0 aliphatic heterocycles. The lowest BCUT2D eigenvalue weighted by Gasteiger charge is -2.27. The summed E-state index contributed by atoms with van der Waals surface area (Å²) in [7, 11) is -2.07. The number of nitrogens with zero attached hydrogens (tertiary/aromatic N) is 2. The van der Waals surface area contributed by atoms with Crippen LogP contribution in [0.2, 0.25) is 0 Å². The van der Waals surface area contributed by atoms with E-state index in [4.69, 9.17) is 9.72 Å². The van der Waals surface area contributed by atoms with Crippen molar-refractivity contribution in [3.8, 4) is 0 Å². The van der Waals surface area contributed by atoms with Crippen LogP contribution in [0.3, 0.4) is 0 Å². The highest BCUT2D eigenvalue weighted by molar-refractivity contribution is 7.95. The molecule has 0 amide bonds. The fraction of sp³-hybridized carbons (Fsp3) is 0.103. The van der Waals surface area contributed by atoms with E-state index >= 15 is 0 Å². The SMILES string of the molecule is CCOC(=O)c1cccc2nc(C[P+](c3ccccc3)(c3ccccc3)c3ccccc3)cn12.[Br-]. The molecule has 4 nitrogen and oxygen atoms in total. The van der Waals surface area contributed by atoms with Crippen molar-refractivity contribution in [1.82, 2.24) is 9.38 Å². The second-order valence-corrected chi connectivity index (χ2v) is 11.6. The van der Waals surface area contributed by atoms with Gasteiger partial charge in [-0.2, -0.15) is 0 Å². The maximum absolute atomic E-state index is 12.6. The van der Waals surface area contributed by atoms with Crippen molar-refractivity contribution in [2.45, 2.75) is 13.1 Å². The molecular formula is C29H26BrN2O2P. The van der Waals surface area contributed by atoms with Crippen LogP contribution in [0.4, 0.5) is 0 Å². The van der Waals surface area contributed by atoms with Crippen molar-refractivity contribution < 1.29 is 26.5 Å². The highest BCUT2D eigenvalue weighted by Crippen LogP contribution is 2.57. The van der Waals surface area contributed by atoms with E-state index in [1.165, 1.54) is 15.9 Å². The molecule has 0 bridgehead atoms. The first-order valence-corrected chi connectivity index (χ1v) is 13.4. The van der Waals surface area contributed by atoms with Crippen LogP contribution in [-0.2, 0) is 10.9 Å². The van der Waals surface area contributed by atoms with Gasteiger partial charge in [0, 0.05) is 6.20 Å². The number of hydrogen-bond acceptors (Lipinski definition) is 3. The molecule has 0 N–H and O–H groups in total. The molecule has 0 spiro atoms. The Hall–Kier alpha value is -3.27. The van der Waals surface area contributed by atoms with Crippen LogP contribution < -0.4 is 32.9 Å². The molecule has 2 aromatic heterocycles. The van der Waals surface area contributed by atoms with Crippen molar-refractivity contribution in [2.75, 3.05) is 6.61 Å². The summed E-state index contributed by atoms with van der Waals surface area (Å²) >= 11 is 0. The minimum absolute atomic E-state index is 0. The Labute approximate surface area is 216 Å². The van der Waals surface area contributed by atoms with Gasteiger partial charge in [-0.3, -0.25) is 4.40 Å². The lowest BCUT2D eigenvalue weighted by atomic mass is 10.3. The van der Waals surface area contributed by atoms with E-state index in [1.807, 2.05) is 29.7 Å². The number of rotatable bonds is 7. The molecule has 0 saturated heterocycles. The summed E-state index contributed by atoms with van der Waals surface area (Å²) in [6.07, 6.45) is 2.74. The number of benzene rings is 3. The number of pyridine rings is 1. The number of esters is 1. The third-order valence-electron chi connectivity index (χ3n) is 6.02. The predicted octanol–water partition coefficient (Wildman–Crippen LogP) is 2.01. The van der Waals surface area contributed by atoms with Crippen LogP contribution in [0.25, 0.3) is 5.65 Å². The highest BCUT2D eigenvalue weighted by Gasteiger charge is 2.46. The van der Waals surface area contributed by atoms with E-state index in [0.717, 1.165) is 17.5 Å². The summed E-state index contributed by atoms with van der Waals surface area (Å²) in [5, 5.41) is 3.90. The van der Waals surface area contributed by atoms with Gasteiger partial charge in [-0.15, -0.1) is 0 Å². The summed E-state index contributed by atoms with van der Waals surface area (Å²) in [5.74, 6) is -0.340. The minimum atomic E-state index is -2.07. The second-order valence-electron chi connectivity index (χ2n) is 8.07. The van der Waals surface area contributed by atoms with Gasteiger partial charge in [-0.1, -0.05) is 60.7 Å². The Morgan fingerprint density at radius 1 is 0.771 bits per heavy atom. The lowest BCUT2D eigenvalue weighted by molar-refractivity contribution is -0.0000248. The summed E-state index contributed by atoms with van der Waals surface area (Å²) in [4.78, 5) is 17.5. The number of halogens is 1. The summed E-state index contributed by atoms with van der Waals surface area (Å²) in [5.41, 5.74) is 2.18. The van der Waals surface area contributed by atoms with Crippen LogP contribution in [0.5, 0.6) is 0 Å². The molecule has 0 atom stereocenters. The van der Waals surface area contributed by atoms with Crippen LogP contribution in [-0.4, -0.2) is 22.0 Å². The Bertz CT molecular complexity index is 1310. The lowest BCUT2D eigenvalue weighted by Crippen LogP contribution is -3.00. The largest absolute Gasteiger partial charge is 1.00 e. The Kier molecular flexibility index (Phi) is 7.80. The second kappa shape index (κ2) is 11.0. The first-order chi connectivity index (χ1) is 16.7. The third-order valence-corrected chi connectivity index (χ3v) is 10.4. The van der Waals surface area contributed by atoms with Crippen molar-refractivity contribution in [3.63, 3.8) is 0 Å². The van der Waals surface area contributed by atoms with Gasteiger partial charge in [0.25, 0.3) is 0 Å². The molecule has 35 heavy (non-hydrogen) atoms. The van der Waals surface area contributed by atoms with Gasteiger partial charge in [-0.05, 0) is 55.5 Å². The molecule has 2 heterocycles. The topological polar surface area (TPSA) is 43.6 Å². The van der Waals surface area contributed by atoms with Gasteiger partial charge in [0.1, 0.15) is 40.7 Å². The number of hydrogen-bond donors (Lipinski definition) is 0. The normalized spacial score (nSPS) is 11.1. The van der Waals surface area contributed by atoms with E-state index < -0.39 is 7.26 Å². The molecule has 0 aliphatic rings. The number of imidazole rings is 1. The molecule has 5 rings (SSSR count). The Balaban J connectivity index is 0.00000289. The molecule has 0 saturated carbocycles. The van der Waals surface area contributed by atoms with Crippen molar-refractivity contribution in [2.24, 2.45) is 0 Å². The fourth-order valence-corrected chi connectivity index (χ4v) is 8.64. The number of fused-ring (bicyclic) bond motifs is 1. The number of carbonyl (C=O) groups is 1. The van der Waals surface area contributed by atoms with E-state index in [-0.39, 0.29) is 23.0 Å². The first-order valence-electron chi connectivity index (χ1n) is 11.4. The average Bonchev–Trinajstić information content (AvgIpc) is 3.31. The molecular weight excluding hydrogens is 519 g/mol. The predicted molar refractivity (Wildman–Crippen MR) is 140 cm³/mol. The third kappa shape index (κ3) is 4.80. The van der Waals surface area contributed by atoms with Crippen LogP contribution >= 0.6 is 7.26 Å². The molecule has 6 heteroatoms. The zero-order chi connectivity index (χ0) is 23.4. The average molecular weight is 545 g/mol. The smallest absolute Gasteiger partial charge is 0.355 e. The van der Waals surface area contributed by atoms with Crippen molar-refractivity contribution in [3.05, 3.63) is 127 Å². The first kappa shape index (κ1) is 24.8. The number of ether oxygens (including phenoxy) is 1. The van der Waals surface area contributed by atoms with Gasteiger partial charge in [0.2, 0.25) is 0 Å². The van der Waals surface area contributed by atoms with Gasteiger partial charge in [0.15, 0.2) is 0 Å². The van der Waals surface area contributed by atoms with Crippen LogP contribution in [0.1, 0.15) is 23.1 Å². The minimum Gasteiger partial charge on any atom is -1.00 e. The number of carbonyl (C=O) groups excluding carboxylic acids is 1. The maximum Gasteiger partial charge on any atom is 0.355 e. The molecule has 5 aromatic rings. The van der Waals surface area contributed by atoms with Crippen LogP contribution in [0, 0.1) is 0 Å². The van der Waals surface area contributed by atoms with Gasteiger partial charge in [0.05, 0.1) is 12.3 Å². The van der Waals surface area contributed by atoms with Gasteiger partial charge < -0.3 is 21.7 Å². The van der Waals surface area contributed by atoms with Crippen LogP contribution in [0.15, 0.2) is 115 Å². The summed E-state index contributed by atoms with van der Waals surface area (Å²) < 4.78 is 7.12. The summed E-state index contributed by atoms with van der Waals surface area (Å²) in [6.45, 7) is 2.15. The van der Waals surface area contributed by atoms with E-state index in [9.17, 15) is 4.79 Å². The van der Waals surface area contributed by atoms with E-state index in [2.05, 4.69) is 91.0 Å². The van der Waals surface area contributed by atoms with Gasteiger partial charge >= 0.3 is 5.97 Å². The molecule has 3 aromatic carbocycles. The zero-order valence-corrected chi connectivity index (χ0v) is 21.9. The molecule has 0 aliphatic carbocycles. The van der Waals surface area contributed by atoms with E-state index in [1.54, 1.807) is 6.07 Å². The molecule has 0 radical (unpaired) electrons. The number of aromatic nitrogens is 2. The summed E-state index contributed by atoms with van der Waals surface area (Å²) in [6, 6.07) is 37.8. The van der Waals surface area contributed by atoms with E-state index in [0.29, 0.717) is 12.3 Å². The van der Waals surface area contributed by atoms with Gasteiger partial charge in [-0.25, -0.2) is 9.78 Å². The monoisotopic (exact) mass is 544 g/mol. The highest BCUT2D eigenvalue weighted by atomic mass is 79.9. The standard InChI is InChI=1S/C29H26N2O2P.BrH/c1-2-33-29(32)27-19-12-20-28-30-23(21-31(27)28)22-34(24-13-6-3-7-14-24,25-15-8-4-9-16-25)26-17-10-5-11-18-26;/h3-21H,2,22H2,1H3;1H/q+1;/p-1. The molecule has 0 unspecified atom stereocenters. The fourth-order valence-electron chi connectivity index (χ4n) is 4.52. The molecule has 0 fully saturated rings. The van der Waals surface area contributed by atoms with Crippen molar-refractivity contribution in [1.29, 1.82) is 0 Å². The maximum atomic E-state index is 12.6. The zero-order valence-electron chi connectivity index (χ0n) is 19.4.